The number of aromatic nitrogens is 2. The maximum Gasteiger partial charge on any atom is 0.201 e. The van der Waals surface area contributed by atoms with Crippen LogP contribution in [0.5, 0.6) is 0 Å². The number of fused-ring (bicyclic) bond motifs is 1. The molecule has 2 heterocycles. The van der Waals surface area contributed by atoms with Gasteiger partial charge in [0.05, 0.1) is 16.4 Å². The molecule has 0 amide bonds. The van der Waals surface area contributed by atoms with E-state index in [1.807, 2.05) is 6.07 Å². The molecule has 0 fully saturated rings. The topological polar surface area (TPSA) is 43.8 Å². The Morgan fingerprint density at radius 2 is 2.05 bits per heavy atom. The SMILES string of the molecule is Nc1nc2ccc(F)c(F)c2n1Cc1ccc(Cl)s1. The summed E-state index contributed by atoms with van der Waals surface area (Å²) in [5, 5.41) is 0. The molecule has 3 rings (SSSR count). The molecule has 0 aliphatic rings. The number of benzene rings is 1. The fraction of sp³-hybridized carbons (Fsp3) is 0.0833. The molecule has 0 aliphatic heterocycles. The fourth-order valence-electron chi connectivity index (χ4n) is 1.93. The van der Waals surface area contributed by atoms with Crippen LogP contribution in [0.3, 0.4) is 0 Å². The van der Waals surface area contributed by atoms with Crippen molar-refractivity contribution in [2.45, 2.75) is 6.54 Å². The van der Waals surface area contributed by atoms with Gasteiger partial charge in [-0.05, 0) is 24.3 Å². The number of hydrogen-bond acceptors (Lipinski definition) is 3. The van der Waals surface area contributed by atoms with Gasteiger partial charge in [0.15, 0.2) is 11.6 Å². The standard InChI is InChI=1S/C12H8ClF2N3S/c13-9-4-1-6(19-9)5-18-11-8(17-12(18)16)3-2-7(14)10(11)15/h1-4H,5H2,(H2,16,17). The van der Waals surface area contributed by atoms with Crippen LogP contribution in [-0.4, -0.2) is 9.55 Å². The highest BCUT2D eigenvalue weighted by Crippen LogP contribution is 2.27. The normalized spacial score (nSPS) is 11.3. The maximum absolute atomic E-state index is 13.9. The van der Waals surface area contributed by atoms with Gasteiger partial charge in [-0.15, -0.1) is 11.3 Å². The largest absolute Gasteiger partial charge is 0.369 e. The van der Waals surface area contributed by atoms with E-state index in [0.29, 0.717) is 16.4 Å². The molecule has 0 saturated heterocycles. The van der Waals surface area contributed by atoms with Crippen molar-refractivity contribution in [2.24, 2.45) is 0 Å². The highest BCUT2D eigenvalue weighted by Gasteiger charge is 2.16. The summed E-state index contributed by atoms with van der Waals surface area (Å²) in [5.74, 6) is -1.72. The van der Waals surface area contributed by atoms with Gasteiger partial charge in [-0.2, -0.15) is 0 Å². The molecule has 2 N–H and O–H groups in total. The van der Waals surface area contributed by atoms with Crippen molar-refractivity contribution in [1.29, 1.82) is 0 Å². The van der Waals surface area contributed by atoms with Crippen molar-refractivity contribution in [3.8, 4) is 0 Å². The number of imidazole rings is 1. The van der Waals surface area contributed by atoms with Crippen LogP contribution in [0.25, 0.3) is 11.0 Å². The van der Waals surface area contributed by atoms with E-state index >= 15 is 0 Å². The lowest BCUT2D eigenvalue weighted by Crippen LogP contribution is -2.04. The van der Waals surface area contributed by atoms with Crippen LogP contribution in [0.1, 0.15) is 4.88 Å². The number of nitrogens with zero attached hydrogens (tertiary/aromatic N) is 2. The quantitative estimate of drug-likeness (QED) is 0.785. The number of hydrogen-bond donors (Lipinski definition) is 1. The molecule has 0 bridgehead atoms. The first kappa shape index (κ1) is 12.4. The number of rotatable bonds is 2. The monoisotopic (exact) mass is 299 g/mol. The second-order valence-corrected chi connectivity index (χ2v) is 5.79. The molecule has 7 heteroatoms. The summed E-state index contributed by atoms with van der Waals surface area (Å²) < 4.78 is 29.2. The lowest BCUT2D eigenvalue weighted by Gasteiger charge is -2.05. The van der Waals surface area contributed by atoms with Crippen molar-refractivity contribution in [1.82, 2.24) is 9.55 Å². The van der Waals surface area contributed by atoms with E-state index < -0.39 is 11.6 Å². The maximum atomic E-state index is 13.9. The summed E-state index contributed by atoms with van der Waals surface area (Å²) in [6, 6.07) is 6.00. The lowest BCUT2D eigenvalue weighted by atomic mass is 10.3. The molecule has 0 saturated carbocycles. The predicted molar refractivity (Wildman–Crippen MR) is 72.5 cm³/mol. The summed E-state index contributed by atoms with van der Waals surface area (Å²) in [5.41, 5.74) is 6.17. The predicted octanol–water partition coefficient (Wildman–Crippen LogP) is 3.66. The molecule has 3 aromatic rings. The zero-order valence-electron chi connectivity index (χ0n) is 9.53. The molecule has 0 aliphatic carbocycles. The number of thiophene rings is 1. The van der Waals surface area contributed by atoms with Gasteiger partial charge in [0.25, 0.3) is 0 Å². The summed E-state index contributed by atoms with van der Waals surface area (Å²) in [6.45, 7) is 0.306. The van der Waals surface area contributed by atoms with E-state index in [0.717, 1.165) is 10.9 Å². The Morgan fingerprint density at radius 3 is 2.74 bits per heavy atom. The molecular formula is C12H8ClF2N3S. The van der Waals surface area contributed by atoms with E-state index in [9.17, 15) is 8.78 Å². The van der Waals surface area contributed by atoms with Crippen LogP contribution in [0, 0.1) is 11.6 Å². The smallest absolute Gasteiger partial charge is 0.201 e. The Hall–Kier alpha value is -1.66. The minimum Gasteiger partial charge on any atom is -0.369 e. The van der Waals surface area contributed by atoms with Crippen LogP contribution in [0.4, 0.5) is 14.7 Å². The van der Waals surface area contributed by atoms with Crippen LogP contribution in [0.2, 0.25) is 4.34 Å². The Labute approximate surface area is 116 Å². The highest BCUT2D eigenvalue weighted by atomic mass is 35.5. The van der Waals surface area contributed by atoms with Crippen LogP contribution >= 0.6 is 22.9 Å². The molecular weight excluding hydrogens is 292 g/mol. The zero-order valence-corrected chi connectivity index (χ0v) is 11.1. The zero-order chi connectivity index (χ0) is 13.6. The number of nitrogen functional groups attached to an aromatic ring is 1. The van der Waals surface area contributed by atoms with E-state index in [-0.39, 0.29) is 11.5 Å². The minimum atomic E-state index is -0.940. The van der Waals surface area contributed by atoms with Gasteiger partial charge in [-0.25, -0.2) is 13.8 Å². The molecule has 3 nitrogen and oxygen atoms in total. The lowest BCUT2D eigenvalue weighted by molar-refractivity contribution is 0.512. The van der Waals surface area contributed by atoms with Gasteiger partial charge < -0.3 is 10.3 Å². The third-order valence-corrected chi connectivity index (χ3v) is 3.99. The van der Waals surface area contributed by atoms with Crippen molar-refractivity contribution < 1.29 is 8.78 Å². The molecule has 98 valence electrons. The summed E-state index contributed by atoms with van der Waals surface area (Å²) >= 11 is 7.20. The number of halogens is 3. The van der Waals surface area contributed by atoms with Crippen molar-refractivity contribution >= 4 is 39.9 Å². The number of nitrogens with two attached hydrogens (primary N) is 1. The van der Waals surface area contributed by atoms with Gasteiger partial charge in [0.2, 0.25) is 5.95 Å². The van der Waals surface area contributed by atoms with Crippen molar-refractivity contribution in [2.75, 3.05) is 5.73 Å². The van der Waals surface area contributed by atoms with Crippen molar-refractivity contribution in [3.05, 3.63) is 45.1 Å². The molecule has 0 atom stereocenters. The summed E-state index contributed by atoms with van der Waals surface area (Å²) in [4.78, 5) is 4.91. The summed E-state index contributed by atoms with van der Waals surface area (Å²) in [6.07, 6.45) is 0. The minimum absolute atomic E-state index is 0.0713. The summed E-state index contributed by atoms with van der Waals surface area (Å²) in [7, 11) is 0. The first-order valence-corrected chi connectivity index (χ1v) is 6.59. The molecule has 0 spiro atoms. The highest BCUT2D eigenvalue weighted by molar-refractivity contribution is 7.16. The Balaban J connectivity index is 2.17. The van der Waals surface area contributed by atoms with Gasteiger partial charge >= 0.3 is 0 Å². The van der Waals surface area contributed by atoms with Crippen LogP contribution < -0.4 is 5.73 Å². The van der Waals surface area contributed by atoms with Gasteiger partial charge in [-0.1, -0.05) is 11.6 Å². The molecule has 0 unspecified atom stereocenters. The fourth-order valence-corrected chi connectivity index (χ4v) is 3.00. The van der Waals surface area contributed by atoms with Crippen molar-refractivity contribution in [3.63, 3.8) is 0 Å². The molecule has 2 aromatic heterocycles. The Bertz CT molecular complexity index is 766. The van der Waals surface area contributed by atoms with Crippen LogP contribution in [0.15, 0.2) is 24.3 Å². The third kappa shape index (κ3) is 2.06. The average Bonchev–Trinajstić information content (AvgIpc) is 2.90. The number of anilines is 1. The van der Waals surface area contributed by atoms with E-state index in [1.165, 1.54) is 22.0 Å². The average molecular weight is 300 g/mol. The second kappa shape index (κ2) is 4.47. The second-order valence-electron chi connectivity index (χ2n) is 3.99. The van der Waals surface area contributed by atoms with E-state index in [4.69, 9.17) is 17.3 Å². The van der Waals surface area contributed by atoms with Crippen LogP contribution in [-0.2, 0) is 6.54 Å². The molecule has 1 aromatic carbocycles. The third-order valence-electron chi connectivity index (χ3n) is 2.77. The first-order valence-electron chi connectivity index (χ1n) is 5.40. The van der Waals surface area contributed by atoms with E-state index in [1.54, 1.807) is 6.07 Å². The molecule has 0 radical (unpaired) electrons. The van der Waals surface area contributed by atoms with Gasteiger partial charge in [0.1, 0.15) is 5.52 Å². The molecule has 19 heavy (non-hydrogen) atoms. The van der Waals surface area contributed by atoms with E-state index in [2.05, 4.69) is 4.98 Å². The van der Waals surface area contributed by atoms with Gasteiger partial charge in [0, 0.05) is 4.88 Å². The Morgan fingerprint density at radius 1 is 1.26 bits per heavy atom. The Kier molecular flexibility index (Phi) is 2.91. The first-order chi connectivity index (χ1) is 9.06. The van der Waals surface area contributed by atoms with Gasteiger partial charge in [-0.3, -0.25) is 0 Å².